The van der Waals surface area contributed by atoms with Gasteiger partial charge in [0.25, 0.3) is 0 Å². The Morgan fingerprint density at radius 1 is 1.56 bits per heavy atom. The van der Waals surface area contributed by atoms with Crippen molar-refractivity contribution in [1.82, 2.24) is 9.97 Å². The number of aromatic amines is 1. The summed E-state index contributed by atoms with van der Waals surface area (Å²) in [5.74, 6) is -0.184. The van der Waals surface area contributed by atoms with Gasteiger partial charge >= 0.3 is 5.97 Å². The molecule has 0 bridgehead atoms. The van der Waals surface area contributed by atoms with Gasteiger partial charge in [0.15, 0.2) is 6.10 Å². The Hall–Kier alpha value is -1.40. The third-order valence-corrected chi connectivity index (χ3v) is 2.33. The van der Waals surface area contributed by atoms with Crippen LogP contribution < -0.4 is 0 Å². The minimum absolute atomic E-state index is 0.273. The standard InChI is InChI=1S/C10H16N2O4/c1-4-6-11-5(2)7(12-6)8(13)9(14)10(15)16-3/h8-9,13-14H,4H2,1-3H3,(H,11,12). The monoisotopic (exact) mass is 228 g/mol. The minimum atomic E-state index is -1.61. The lowest BCUT2D eigenvalue weighted by Gasteiger charge is -2.14. The fourth-order valence-electron chi connectivity index (χ4n) is 1.39. The van der Waals surface area contributed by atoms with Gasteiger partial charge in [-0.3, -0.25) is 0 Å². The number of ether oxygens (including phenoxy) is 1. The van der Waals surface area contributed by atoms with Crippen molar-refractivity contribution in [3.05, 3.63) is 17.2 Å². The minimum Gasteiger partial charge on any atom is -0.467 e. The van der Waals surface area contributed by atoms with Gasteiger partial charge in [-0.2, -0.15) is 0 Å². The maximum atomic E-state index is 11.0. The zero-order valence-electron chi connectivity index (χ0n) is 9.52. The number of methoxy groups -OCH3 is 1. The number of hydrogen-bond acceptors (Lipinski definition) is 5. The van der Waals surface area contributed by atoms with Crippen LogP contribution in [0.25, 0.3) is 0 Å². The molecule has 6 heteroatoms. The molecule has 0 aliphatic carbocycles. The summed E-state index contributed by atoms with van der Waals surface area (Å²) in [6, 6.07) is 0. The summed E-state index contributed by atoms with van der Waals surface area (Å²) in [5.41, 5.74) is 0.905. The molecule has 0 aliphatic heterocycles. The Morgan fingerprint density at radius 2 is 2.19 bits per heavy atom. The number of aliphatic hydroxyl groups excluding tert-OH is 2. The van der Waals surface area contributed by atoms with E-state index in [4.69, 9.17) is 0 Å². The van der Waals surface area contributed by atoms with Crippen LogP contribution in [0.2, 0.25) is 0 Å². The molecule has 2 unspecified atom stereocenters. The molecule has 1 heterocycles. The van der Waals surface area contributed by atoms with Crippen molar-refractivity contribution in [2.45, 2.75) is 32.5 Å². The Kier molecular flexibility index (Phi) is 4.03. The Morgan fingerprint density at radius 3 is 2.62 bits per heavy atom. The van der Waals surface area contributed by atoms with Crippen LogP contribution in [-0.4, -0.2) is 39.4 Å². The van der Waals surface area contributed by atoms with Crippen LogP contribution in [0, 0.1) is 6.92 Å². The van der Waals surface area contributed by atoms with E-state index in [0.29, 0.717) is 17.9 Å². The summed E-state index contributed by atoms with van der Waals surface area (Å²) in [5, 5.41) is 19.2. The molecular weight excluding hydrogens is 212 g/mol. The number of carbonyl (C=O) groups excluding carboxylic acids is 1. The van der Waals surface area contributed by atoms with E-state index < -0.39 is 18.2 Å². The number of rotatable bonds is 4. The van der Waals surface area contributed by atoms with E-state index in [9.17, 15) is 15.0 Å². The first-order chi connectivity index (χ1) is 7.51. The highest BCUT2D eigenvalue weighted by atomic mass is 16.5. The third-order valence-electron chi connectivity index (χ3n) is 2.33. The second-order valence-electron chi connectivity index (χ2n) is 3.46. The van der Waals surface area contributed by atoms with Gasteiger partial charge < -0.3 is 19.9 Å². The van der Waals surface area contributed by atoms with E-state index >= 15 is 0 Å². The number of nitrogens with zero attached hydrogens (tertiary/aromatic N) is 1. The van der Waals surface area contributed by atoms with Crippen LogP contribution in [0.3, 0.4) is 0 Å². The smallest absolute Gasteiger partial charge is 0.337 e. The number of esters is 1. The molecule has 0 saturated heterocycles. The van der Waals surface area contributed by atoms with Crippen LogP contribution >= 0.6 is 0 Å². The van der Waals surface area contributed by atoms with Crippen molar-refractivity contribution in [2.24, 2.45) is 0 Å². The molecule has 1 rings (SSSR count). The predicted molar refractivity (Wildman–Crippen MR) is 55.7 cm³/mol. The van der Waals surface area contributed by atoms with E-state index in [1.165, 1.54) is 0 Å². The molecule has 2 atom stereocenters. The molecule has 0 spiro atoms. The summed E-state index contributed by atoms with van der Waals surface area (Å²) in [7, 11) is 1.15. The molecule has 1 aromatic rings. The van der Waals surface area contributed by atoms with Gasteiger partial charge in [-0.1, -0.05) is 6.92 Å². The zero-order chi connectivity index (χ0) is 12.3. The number of H-pyrrole nitrogens is 1. The van der Waals surface area contributed by atoms with E-state index in [1.54, 1.807) is 6.92 Å². The van der Waals surface area contributed by atoms with Gasteiger partial charge in [-0.15, -0.1) is 0 Å². The van der Waals surface area contributed by atoms with Crippen LogP contribution in [0.1, 0.15) is 30.2 Å². The molecule has 0 amide bonds. The molecule has 0 radical (unpaired) electrons. The number of imidazole rings is 1. The van der Waals surface area contributed by atoms with Crippen LogP contribution in [0.5, 0.6) is 0 Å². The second-order valence-corrected chi connectivity index (χ2v) is 3.46. The first-order valence-electron chi connectivity index (χ1n) is 5.00. The molecule has 6 nitrogen and oxygen atoms in total. The summed E-state index contributed by atoms with van der Waals surface area (Å²) < 4.78 is 4.34. The largest absolute Gasteiger partial charge is 0.467 e. The van der Waals surface area contributed by atoms with Crippen molar-refractivity contribution < 1.29 is 19.7 Å². The normalized spacial score (nSPS) is 14.6. The third kappa shape index (κ3) is 2.40. The average Bonchev–Trinajstić information content (AvgIpc) is 2.67. The summed E-state index contributed by atoms with van der Waals surface area (Å²) in [6.45, 7) is 3.62. The van der Waals surface area contributed by atoms with Gasteiger partial charge in [0, 0.05) is 12.1 Å². The lowest BCUT2D eigenvalue weighted by molar-refractivity contribution is -0.157. The summed E-state index contributed by atoms with van der Waals surface area (Å²) >= 11 is 0. The second kappa shape index (κ2) is 5.09. The summed E-state index contributed by atoms with van der Waals surface area (Å²) in [4.78, 5) is 18.1. The van der Waals surface area contributed by atoms with Gasteiger partial charge in [0.1, 0.15) is 11.9 Å². The fraction of sp³-hybridized carbons (Fsp3) is 0.600. The van der Waals surface area contributed by atoms with E-state index in [2.05, 4.69) is 14.7 Å². The van der Waals surface area contributed by atoms with Crippen molar-refractivity contribution in [1.29, 1.82) is 0 Å². The first-order valence-corrected chi connectivity index (χ1v) is 5.00. The fourth-order valence-corrected chi connectivity index (χ4v) is 1.39. The molecule has 3 N–H and O–H groups in total. The summed E-state index contributed by atoms with van der Waals surface area (Å²) in [6.07, 6.45) is -2.30. The number of hydrogen-bond donors (Lipinski definition) is 3. The molecular formula is C10H16N2O4. The van der Waals surface area contributed by atoms with Crippen molar-refractivity contribution in [3.63, 3.8) is 0 Å². The Bertz CT molecular complexity index is 375. The van der Waals surface area contributed by atoms with Crippen LogP contribution in [-0.2, 0) is 16.0 Å². The molecule has 1 aromatic heterocycles. The Labute approximate surface area is 93.3 Å². The molecule has 0 saturated carbocycles. The van der Waals surface area contributed by atoms with Crippen molar-refractivity contribution in [2.75, 3.05) is 7.11 Å². The number of aromatic nitrogens is 2. The van der Waals surface area contributed by atoms with Crippen LogP contribution in [0.4, 0.5) is 0 Å². The topological polar surface area (TPSA) is 95.4 Å². The average molecular weight is 228 g/mol. The molecule has 90 valence electrons. The highest BCUT2D eigenvalue weighted by molar-refractivity contribution is 5.75. The first kappa shape index (κ1) is 12.7. The number of carbonyl (C=O) groups is 1. The lowest BCUT2D eigenvalue weighted by atomic mass is 10.1. The Balaban J connectivity index is 2.90. The molecule has 16 heavy (non-hydrogen) atoms. The van der Waals surface area contributed by atoms with Gasteiger partial charge in [0.05, 0.1) is 12.8 Å². The predicted octanol–water partition coefficient (Wildman–Crippen LogP) is -0.152. The SMILES string of the molecule is CCc1nc(C(O)C(O)C(=O)OC)c(C)[nH]1. The number of nitrogens with one attached hydrogen (secondary N) is 1. The highest BCUT2D eigenvalue weighted by Gasteiger charge is 2.29. The maximum Gasteiger partial charge on any atom is 0.337 e. The maximum absolute atomic E-state index is 11.0. The van der Waals surface area contributed by atoms with E-state index in [0.717, 1.165) is 7.11 Å². The number of aliphatic hydroxyl groups is 2. The van der Waals surface area contributed by atoms with Gasteiger partial charge in [0.2, 0.25) is 0 Å². The quantitative estimate of drug-likeness (QED) is 0.623. The molecule has 0 aliphatic rings. The van der Waals surface area contributed by atoms with Crippen molar-refractivity contribution in [3.8, 4) is 0 Å². The van der Waals surface area contributed by atoms with Crippen molar-refractivity contribution >= 4 is 5.97 Å². The zero-order valence-corrected chi connectivity index (χ0v) is 9.52. The number of aryl methyl sites for hydroxylation is 2. The highest BCUT2D eigenvalue weighted by Crippen LogP contribution is 2.19. The molecule has 0 aromatic carbocycles. The van der Waals surface area contributed by atoms with E-state index in [1.807, 2.05) is 6.92 Å². The molecule has 0 fully saturated rings. The van der Waals surface area contributed by atoms with Gasteiger partial charge in [-0.05, 0) is 6.92 Å². The van der Waals surface area contributed by atoms with E-state index in [-0.39, 0.29) is 5.69 Å². The van der Waals surface area contributed by atoms with Gasteiger partial charge in [-0.25, -0.2) is 9.78 Å². The van der Waals surface area contributed by atoms with Crippen LogP contribution in [0.15, 0.2) is 0 Å². The lowest BCUT2D eigenvalue weighted by Crippen LogP contribution is -2.29.